The van der Waals surface area contributed by atoms with Gasteiger partial charge >= 0.3 is 5.97 Å². The van der Waals surface area contributed by atoms with Crippen molar-refractivity contribution in [2.45, 2.75) is 6.92 Å². The Balaban J connectivity index is 2.08. The zero-order valence-electron chi connectivity index (χ0n) is 12.4. The van der Waals surface area contributed by atoms with Crippen molar-refractivity contribution in [2.24, 2.45) is 0 Å². The van der Waals surface area contributed by atoms with Crippen LogP contribution in [0, 0.1) is 24.1 Å². The Morgan fingerprint density at radius 3 is 2.67 bits per heavy atom. The van der Waals surface area contributed by atoms with E-state index in [4.69, 9.17) is 5.11 Å². The van der Waals surface area contributed by atoms with Crippen LogP contribution < -0.4 is 0 Å². The number of aromatic nitrogens is 2. The summed E-state index contributed by atoms with van der Waals surface area (Å²) < 4.78 is 14.2. The van der Waals surface area contributed by atoms with Gasteiger partial charge in [0.05, 0.1) is 6.20 Å². The van der Waals surface area contributed by atoms with Crippen molar-refractivity contribution in [1.82, 2.24) is 9.97 Å². The minimum absolute atomic E-state index is 0.0577. The topological polar surface area (TPSA) is 86.9 Å². The second-order valence-corrected chi connectivity index (χ2v) is 6.05. The maximum Gasteiger partial charge on any atom is 0.347 e. The number of thiazole rings is 1. The van der Waals surface area contributed by atoms with Crippen LogP contribution >= 0.6 is 11.3 Å². The van der Waals surface area contributed by atoms with E-state index >= 15 is 0 Å². The third kappa shape index (κ3) is 2.87. The number of rotatable bonds is 3. The van der Waals surface area contributed by atoms with Crippen LogP contribution in [0.1, 0.15) is 20.9 Å². The molecule has 118 valence electrons. The lowest BCUT2D eigenvalue weighted by molar-refractivity contribution is 0.0702. The Hall–Kier alpha value is -3.11. The summed E-state index contributed by atoms with van der Waals surface area (Å²) in [5, 5.41) is 18.7. The average Bonchev–Trinajstić information content (AvgIpc) is 3.05. The van der Waals surface area contributed by atoms with Crippen molar-refractivity contribution in [1.29, 1.82) is 5.26 Å². The Morgan fingerprint density at radius 1 is 1.29 bits per heavy atom. The van der Waals surface area contributed by atoms with Gasteiger partial charge in [-0.3, -0.25) is 0 Å². The Bertz CT molecular complexity index is 992. The number of halogens is 1. The van der Waals surface area contributed by atoms with E-state index in [0.29, 0.717) is 21.8 Å². The molecule has 3 aromatic rings. The summed E-state index contributed by atoms with van der Waals surface area (Å²) in [6.07, 6.45) is 1.24. The van der Waals surface area contributed by atoms with Gasteiger partial charge in [0.2, 0.25) is 0 Å². The van der Waals surface area contributed by atoms with Crippen molar-refractivity contribution in [3.63, 3.8) is 0 Å². The van der Waals surface area contributed by atoms with E-state index in [-0.39, 0.29) is 10.6 Å². The first-order valence-corrected chi connectivity index (χ1v) is 7.68. The maximum atomic E-state index is 14.2. The van der Waals surface area contributed by atoms with Gasteiger partial charge in [-0.1, -0.05) is 12.1 Å². The predicted molar refractivity (Wildman–Crippen MR) is 87.2 cm³/mol. The number of nitriles is 1. The summed E-state index contributed by atoms with van der Waals surface area (Å²) in [4.78, 5) is 19.2. The molecule has 0 spiro atoms. The molecule has 0 unspecified atom stereocenters. The second kappa shape index (κ2) is 6.18. The van der Waals surface area contributed by atoms with Crippen LogP contribution in [0.2, 0.25) is 0 Å². The van der Waals surface area contributed by atoms with E-state index in [0.717, 1.165) is 16.9 Å². The fraction of sp³-hybridized carbons (Fsp3) is 0.0588. The quantitative estimate of drug-likeness (QED) is 0.782. The minimum atomic E-state index is -1.07. The van der Waals surface area contributed by atoms with Gasteiger partial charge in [0.15, 0.2) is 0 Å². The van der Waals surface area contributed by atoms with Gasteiger partial charge < -0.3 is 5.11 Å². The van der Waals surface area contributed by atoms with Gasteiger partial charge in [0.1, 0.15) is 33.2 Å². The number of hydrogen-bond donors (Lipinski definition) is 1. The van der Waals surface area contributed by atoms with Crippen LogP contribution in [0.3, 0.4) is 0 Å². The number of aromatic carboxylic acids is 1. The standard InChI is InChI=1S/C17H10FN3O2S/c1-9-2-3-10(12(18)6-9)11-4-5-13(21-14(11)7-19)16-20-8-15(24-16)17(22)23/h2-6,8H,1H3,(H,22,23). The number of carboxylic acids is 1. The molecule has 2 heterocycles. The highest BCUT2D eigenvalue weighted by Crippen LogP contribution is 2.30. The molecule has 0 fully saturated rings. The van der Waals surface area contributed by atoms with Crippen LogP contribution in [0.4, 0.5) is 4.39 Å². The van der Waals surface area contributed by atoms with Gasteiger partial charge in [-0.05, 0) is 30.7 Å². The first-order chi connectivity index (χ1) is 11.5. The van der Waals surface area contributed by atoms with Crippen LogP contribution in [0.15, 0.2) is 36.5 Å². The smallest absolute Gasteiger partial charge is 0.347 e. The molecule has 0 radical (unpaired) electrons. The average molecular weight is 339 g/mol. The second-order valence-electron chi connectivity index (χ2n) is 5.02. The lowest BCUT2D eigenvalue weighted by atomic mass is 10.0. The molecule has 0 amide bonds. The lowest BCUT2D eigenvalue weighted by Crippen LogP contribution is -1.94. The molecule has 7 heteroatoms. The highest BCUT2D eigenvalue weighted by atomic mass is 32.1. The van der Waals surface area contributed by atoms with Crippen LogP contribution in [-0.2, 0) is 0 Å². The van der Waals surface area contributed by atoms with Crippen molar-refractivity contribution in [3.8, 4) is 27.9 Å². The molecule has 2 aromatic heterocycles. The highest BCUT2D eigenvalue weighted by Gasteiger charge is 2.15. The van der Waals surface area contributed by atoms with E-state index < -0.39 is 11.8 Å². The summed E-state index contributed by atoms with van der Waals surface area (Å²) in [7, 11) is 0. The number of benzene rings is 1. The number of pyridine rings is 1. The first kappa shape index (κ1) is 15.8. The number of carboxylic acid groups (broad SMARTS) is 1. The van der Waals surface area contributed by atoms with Gasteiger partial charge in [-0.15, -0.1) is 11.3 Å². The summed E-state index contributed by atoms with van der Waals surface area (Å²) in [5.74, 6) is -1.50. The number of carbonyl (C=O) groups is 1. The Labute approximate surface area is 140 Å². The molecule has 5 nitrogen and oxygen atoms in total. The zero-order chi connectivity index (χ0) is 17.3. The molecular formula is C17H10FN3O2S. The highest BCUT2D eigenvalue weighted by molar-refractivity contribution is 7.16. The lowest BCUT2D eigenvalue weighted by Gasteiger charge is -2.07. The summed E-state index contributed by atoms with van der Waals surface area (Å²) in [6.45, 7) is 1.78. The third-order valence-corrected chi connectivity index (χ3v) is 4.36. The molecule has 0 aliphatic rings. The number of hydrogen-bond acceptors (Lipinski definition) is 5. The largest absolute Gasteiger partial charge is 0.477 e. The normalized spacial score (nSPS) is 10.4. The SMILES string of the molecule is Cc1ccc(-c2ccc(-c3ncc(C(=O)O)s3)nc2C#N)c(F)c1. The fourth-order valence-electron chi connectivity index (χ4n) is 2.21. The molecular weight excluding hydrogens is 329 g/mol. The molecule has 1 aromatic carbocycles. The van der Waals surface area contributed by atoms with Crippen LogP contribution in [0.25, 0.3) is 21.8 Å². The Morgan fingerprint density at radius 2 is 2.04 bits per heavy atom. The third-order valence-electron chi connectivity index (χ3n) is 3.35. The molecule has 0 bridgehead atoms. The first-order valence-electron chi connectivity index (χ1n) is 6.86. The predicted octanol–water partition coefficient (Wildman–Crippen LogP) is 3.89. The van der Waals surface area contributed by atoms with E-state index in [2.05, 4.69) is 9.97 Å². The molecule has 0 saturated heterocycles. The van der Waals surface area contributed by atoms with E-state index in [9.17, 15) is 14.4 Å². The van der Waals surface area contributed by atoms with Crippen molar-refractivity contribution in [2.75, 3.05) is 0 Å². The molecule has 0 aliphatic heterocycles. The van der Waals surface area contributed by atoms with E-state index in [1.807, 2.05) is 6.07 Å². The van der Waals surface area contributed by atoms with Crippen molar-refractivity contribution < 1.29 is 14.3 Å². The van der Waals surface area contributed by atoms with Gasteiger partial charge in [0, 0.05) is 11.1 Å². The number of nitrogens with zero attached hydrogens (tertiary/aromatic N) is 3. The monoisotopic (exact) mass is 339 g/mol. The molecule has 3 rings (SSSR count). The number of aryl methyl sites for hydroxylation is 1. The molecule has 0 saturated carbocycles. The summed E-state index contributed by atoms with van der Waals surface area (Å²) >= 11 is 0.963. The summed E-state index contributed by atoms with van der Waals surface area (Å²) in [6, 6.07) is 9.91. The van der Waals surface area contributed by atoms with Crippen molar-refractivity contribution in [3.05, 3.63) is 58.5 Å². The molecule has 0 aliphatic carbocycles. The molecule has 24 heavy (non-hydrogen) atoms. The van der Waals surface area contributed by atoms with E-state index in [1.165, 1.54) is 12.3 Å². The van der Waals surface area contributed by atoms with Crippen LogP contribution in [0.5, 0.6) is 0 Å². The van der Waals surface area contributed by atoms with E-state index in [1.54, 1.807) is 31.2 Å². The van der Waals surface area contributed by atoms with Gasteiger partial charge in [-0.2, -0.15) is 5.26 Å². The van der Waals surface area contributed by atoms with Gasteiger partial charge in [-0.25, -0.2) is 19.2 Å². The minimum Gasteiger partial charge on any atom is -0.477 e. The van der Waals surface area contributed by atoms with Crippen LogP contribution in [-0.4, -0.2) is 21.0 Å². The maximum absolute atomic E-state index is 14.2. The molecule has 0 atom stereocenters. The summed E-state index contributed by atoms with van der Waals surface area (Å²) in [5.41, 5.74) is 1.89. The fourth-order valence-corrected chi connectivity index (χ4v) is 2.94. The zero-order valence-corrected chi connectivity index (χ0v) is 13.3. The Kier molecular flexibility index (Phi) is 4.06. The molecule has 1 N–H and O–H groups in total. The van der Waals surface area contributed by atoms with Crippen molar-refractivity contribution >= 4 is 17.3 Å². The van der Waals surface area contributed by atoms with Gasteiger partial charge in [0.25, 0.3) is 0 Å².